The molecule has 3 nitrogen and oxygen atoms in total. The molecule has 1 aromatic rings. The van der Waals surface area contributed by atoms with Gasteiger partial charge in [0, 0.05) is 19.6 Å². The second-order valence-electron chi connectivity index (χ2n) is 5.83. The van der Waals surface area contributed by atoms with Crippen molar-refractivity contribution in [3.8, 4) is 0 Å². The van der Waals surface area contributed by atoms with Crippen LogP contribution in [-0.4, -0.2) is 36.2 Å². The summed E-state index contributed by atoms with van der Waals surface area (Å²) in [5.74, 6) is 1.42. The summed E-state index contributed by atoms with van der Waals surface area (Å²) in [5.41, 5.74) is 6.76. The van der Waals surface area contributed by atoms with Gasteiger partial charge in [-0.25, -0.2) is 0 Å². The van der Waals surface area contributed by atoms with Gasteiger partial charge in [0.1, 0.15) is 0 Å². The zero-order chi connectivity index (χ0) is 13.2. The van der Waals surface area contributed by atoms with Crippen LogP contribution in [0.3, 0.4) is 0 Å². The predicted octanol–water partition coefficient (Wildman–Crippen LogP) is 1.42. The Labute approximate surface area is 110 Å². The highest BCUT2D eigenvalue weighted by Crippen LogP contribution is 2.26. The van der Waals surface area contributed by atoms with Crippen LogP contribution >= 0.6 is 0 Å². The first kappa shape index (κ1) is 13.5. The minimum atomic E-state index is -0.648. The molecule has 18 heavy (non-hydrogen) atoms. The first-order valence-electron chi connectivity index (χ1n) is 6.73. The van der Waals surface area contributed by atoms with E-state index in [-0.39, 0.29) is 6.61 Å². The van der Waals surface area contributed by atoms with Crippen LogP contribution in [0.15, 0.2) is 30.3 Å². The standard InChI is InChI=1S/C15H24N2O/c1-12-8-17(9-13(12)2)10-15(16,11-18)14-6-4-3-5-7-14/h3-7,12-13,18H,8-11,16H2,1-2H3. The number of benzene rings is 1. The molecule has 1 aliphatic heterocycles. The molecule has 1 aromatic carbocycles. The normalized spacial score (nSPS) is 28.2. The lowest BCUT2D eigenvalue weighted by molar-refractivity contribution is 0.147. The van der Waals surface area contributed by atoms with Gasteiger partial charge in [-0.2, -0.15) is 0 Å². The fourth-order valence-electron chi connectivity index (χ4n) is 2.78. The largest absolute Gasteiger partial charge is 0.394 e. The van der Waals surface area contributed by atoms with Gasteiger partial charge in [-0.05, 0) is 17.4 Å². The first-order chi connectivity index (χ1) is 8.55. The van der Waals surface area contributed by atoms with E-state index >= 15 is 0 Å². The second-order valence-corrected chi connectivity index (χ2v) is 5.83. The van der Waals surface area contributed by atoms with Gasteiger partial charge in [0.2, 0.25) is 0 Å². The molecule has 0 amide bonds. The number of aliphatic hydroxyl groups excluding tert-OH is 1. The fraction of sp³-hybridized carbons (Fsp3) is 0.600. The Kier molecular flexibility index (Phi) is 4.05. The Bertz CT molecular complexity index is 371. The van der Waals surface area contributed by atoms with Crippen molar-refractivity contribution < 1.29 is 5.11 Å². The van der Waals surface area contributed by atoms with E-state index in [4.69, 9.17) is 5.73 Å². The van der Waals surface area contributed by atoms with Crippen LogP contribution in [0.4, 0.5) is 0 Å². The maximum absolute atomic E-state index is 9.68. The number of nitrogens with zero attached hydrogens (tertiary/aromatic N) is 1. The number of aliphatic hydroxyl groups is 1. The van der Waals surface area contributed by atoms with Crippen molar-refractivity contribution in [3.05, 3.63) is 35.9 Å². The molecule has 3 N–H and O–H groups in total. The van der Waals surface area contributed by atoms with Crippen LogP contribution in [0.1, 0.15) is 19.4 Å². The highest BCUT2D eigenvalue weighted by atomic mass is 16.3. The maximum Gasteiger partial charge on any atom is 0.0772 e. The van der Waals surface area contributed by atoms with Crippen molar-refractivity contribution in [2.45, 2.75) is 19.4 Å². The average Bonchev–Trinajstić information content (AvgIpc) is 2.69. The average molecular weight is 248 g/mol. The molecule has 0 saturated carbocycles. The first-order valence-corrected chi connectivity index (χ1v) is 6.73. The number of likely N-dealkylation sites (tertiary alicyclic amines) is 1. The maximum atomic E-state index is 9.68. The third-order valence-electron chi connectivity index (χ3n) is 4.20. The van der Waals surface area contributed by atoms with Crippen LogP contribution in [0, 0.1) is 11.8 Å². The Morgan fingerprint density at radius 3 is 2.28 bits per heavy atom. The van der Waals surface area contributed by atoms with Gasteiger partial charge in [-0.1, -0.05) is 44.2 Å². The van der Waals surface area contributed by atoms with Gasteiger partial charge in [-0.15, -0.1) is 0 Å². The molecular weight excluding hydrogens is 224 g/mol. The van der Waals surface area contributed by atoms with Gasteiger partial charge < -0.3 is 15.7 Å². The molecule has 0 radical (unpaired) electrons. The molecule has 1 saturated heterocycles. The lowest BCUT2D eigenvalue weighted by Gasteiger charge is -2.32. The number of nitrogens with two attached hydrogens (primary N) is 1. The van der Waals surface area contributed by atoms with Crippen molar-refractivity contribution >= 4 is 0 Å². The molecule has 1 aliphatic rings. The molecule has 0 aromatic heterocycles. The third kappa shape index (κ3) is 2.74. The lowest BCUT2D eigenvalue weighted by atomic mass is 9.91. The molecule has 1 heterocycles. The van der Waals surface area contributed by atoms with Gasteiger partial charge in [-0.3, -0.25) is 0 Å². The topological polar surface area (TPSA) is 49.5 Å². The molecule has 1 fully saturated rings. The molecule has 100 valence electrons. The van der Waals surface area contributed by atoms with Crippen LogP contribution in [0.25, 0.3) is 0 Å². The van der Waals surface area contributed by atoms with E-state index < -0.39 is 5.54 Å². The Hall–Kier alpha value is -0.900. The Morgan fingerprint density at radius 1 is 1.22 bits per heavy atom. The monoisotopic (exact) mass is 248 g/mol. The quantitative estimate of drug-likeness (QED) is 0.847. The van der Waals surface area contributed by atoms with Gasteiger partial charge in [0.05, 0.1) is 12.1 Å². The minimum absolute atomic E-state index is 0.0176. The van der Waals surface area contributed by atoms with Crippen molar-refractivity contribution in [3.63, 3.8) is 0 Å². The van der Waals surface area contributed by atoms with Gasteiger partial charge in [0.25, 0.3) is 0 Å². The lowest BCUT2D eigenvalue weighted by Crippen LogP contribution is -2.50. The van der Waals surface area contributed by atoms with Gasteiger partial charge >= 0.3 is 0 Å². The van der Waals surface area contributed by atoms with Crippen LogP contribution in [0.2, 0.25) is 0 Å². The summed E-state index contributed by atoms with van der Waals surface area (Å²) in [6.07, 6.45) is 0. The predicted molar refractivity (Wildman–Crippen MR) is 74.2 cm³/mol. The molecule has 3 atom stereocenters. The van der Waals surface area contributed by atoms with E-state index in [1.165, 1.54) is 0 Å². The van der Waals surface area contributed by atoms with E-state index in [0.29, 0.717) is 11.8 Å². The minimum Gasteiger partial charge on any atom is -0.394 e. The molecule has 0 spiro atoms. The van der Waals surface area contributed by atoms with Crippen molar-refractivity contribution in [1.82, 2.24) is 4.90 Å². The van der Waals surface area contributed by atoms with Crippen molar-refractivity contribution in [1.29, 1.82) is 0 Å². The summed E-state index contributed by atoms with van der Waals surface area (Å²) < 4.78 is 0. The summed E-state index contributed by atoms with van der Waals surface area (Å²) in [6.45, 7) is 7.42. The highest BCUT2D eigenvalue weighted by Gasteiger charge is 2.34. The zero-order valence-corrected chi connectivity index (χ0v) is 11.3. The molecule has 3 heteroatoms. The fourth-order valence-corrected chi connectivity index (χ4v) is 2.78. The molecule has 3 unspecified atom stereocenters. The van der Waals surface area contributed by atoms with E-state index in [9.17, 15) is 5.11 Å². The van der Waals surface area contributed by atoms with E-state index in [2.05, 4.69) is 18.7 Å². The van der Waals surface area contributed by atoms with Crippen LogP contribution < -0.4 is 5.73 Å². The van der Waals surface area contributed by atoms with E-state index in [1.54, 1.807) is 0 Å². The van der Waals surface area contributed by atoms with Crippen molar-refractivity contribution in [2.24, 2.45) is 17.6 Å². The zero-order valence-electron chi connectivity index (χ0n) is 11.3. The number of rotatable bonds is 4. The second kappa shape index (κ2) is 5.39. The molecule has 2 rings (SSSR count). The van der Waals surface area contributed by atoms with E-state index in [0.717, 1.165) is 25.2 Å². The smallest absolute Gasteiger partial charge is 0.0772 e. The van der Waals surface area contributed by atoms with E-state index in [1.807, 2.05) is 30.3 Å². The summed E-state index contributed by atoms with van der Waals surface area (Å²) in [4.78, 5) is 2.37. The summed E-state index contributed by atoms with van der Waals surface area (Å²) in [5, 5.41) is 9.68. The summed E-state index contributed by atoms with van der Waals surface area (Å²) >= 11 is 0. The highest BCUT2D eigenvalue weighted by molar-refractivity contribution is 5.24. The third-order valence-corrected chi connectivity index (χ3v) is 4.20. The Balaban J connectivity index is 2.10. The number of hydrogen-bond donors (Lipinski definition) is 2. The molecule has 0 bridgehead atoms. The number of hydrogen-bond acceptors (Lipinski definition) is 3. The molecular formula is C15H24N2O. The van der Waals surface area contributed by atoms with Gasteiger partial charge in [0.15, 0.2) is 0 Å². The van der Waals surface area contributed by atoms with Crippen LogP contribution in [-0.2, 0) is 5.54 Å². The Morgan fingerprint density at radius 2 is 1.78 bits per heavy atom. The summed E-state index contributed by atoms with van der Waals surface area (Å²) in [7, 11) is 0. The SMILES string of the molecule is CC1CN(CC(N)(CO)c2ccccc2)CC1C. The van der Waals surface area contributed by atoms with Crippen molar-refractivity contribution in [2.75, 3.05) is 26.2 Å². The van der Waals surface area contributed by atoms with Crippen LogP contribution in [0.5, 0.6) is 0 Å². The molecule has 0 aliphatic carbocycles. The summed E-state index contributed by atoms with van der Waals surface area (Å²) in [6, 6.07) is 9.92.